The molecular formula is C18H20N2O3. The van der Waals surface area contributed by atoms with Crippen LogP contribution in [-0.2, 0) is 22.6 Å². The van der Waals surface area contributed by atoms with Crippen molar-refractivity contribution in [1.82, 2.24) is 5.32 Å². The van der Waals surface area contributed by atoms with Crippen LogP contribution in [0.2, 0.25) is 0 Å². The minimum Gasteiger partial charge on any atom is -0.484 e. The minimum atomic E-state index is -0.526. The second kappa shape index (κ2) is 7.98. The summed E-state index contributed by atoms with van der Waals surface area (Å²) in [5.74, 6) is -0.0147. The zero-order valence-electron chi connectivity index (χ0n) is 13.0. The molecule has 2 rings (SSSR count). The summed E-state index contributed by atoms with van der Waals surface area (Å²) >= 11 is 0. The summed E-state index contributed by atoms with van der Waals surface area (Å²) in [6.45, 7) is 2.23. The lowest BCUT2D eigenvalue weighted by atomic mass is 10.1. The van der Waals surface area contributed by atoms with E-state index in [9.17, 15) is 9.59 Å². The van der Waals surface area contributed by atoms with Crippen LogP contribution in [0.4, 0.5) is 0 Å². The van der Waals surface area contributed by atoms with Crippen LogP contribution in [-0.4, -0.2) is 18.4 Å². The van der Waals surface area contributed by atoms with Gasteiger partial charge in [-0.3, -0.25) is 9.59 Å². The van der Waals surface area contributed by atoms with Gasteiger partial charge in [0.1, 0.15) is 5.75 Å². The highest BCUT2D eigenvalue weighted by Crippen LogP contribution is 2.13. The van der Waals surface area contributed by atoms with Crippen LogP contribution in [0.5, 0.6) is 5.75 Å². The first-order valence-corrected chi connectivity index (χ1v) is 7.36. The Balaban J connectivity index is 1.88. The van der Waals surface area contributed by atoms with Gasteiger partial charge in [0.25, 0.3) is 5.91 Å². The first-order valence-electron chi connectivity index (χ1n) is 7.36. The van der Waals surface area contributed by atoms with Gasteiger partial charge >= 0.3 is 0 Å². The number of aryl methyl sites for hydroxylation is 1. The zero-order valence-corrected chi connectivity index (χ0v) is 13.0. The van der Waals surface area contributed by atoms with Crippen LogP contribution in [0, 0.1) is 6.92 Å². The number of amides is 2. The summed E-state index contributed by atoms with van der Waals surface area (Å²) < 4.78 is 5.24. The summed E-state index contributed by atoms with van der Waals surface area (Å²) in [5, 5.41) is 2.88. The molecule has 2 aromatic carbocycles. The molecule has 0 aromatic heterocycles. The maximum Gasteiger partial charge on any atom is 0.255 e. The first-order chi connectivity index (χ1) is 11.0. The molecule has 0 aliphatic rings. The van der Waals surface area contributed by atoms with E-state index in [2.05, 4.69) is 5.32 Å². The van der Waals surface area contributed by atoms with Crippen LogP contribution in [0.1, 0.15) is 16.7 Å². The Morgan fingerprint density at radius 2 is 1.91 bits per heavy atom. The third-order valence-corrected chi connectivity index (χ3v) is 3.38. The van der Waals surface area contributed by atoms with Gasteiger partial charge in [0.15, 0.2) is 6.61 Å². The highest BCUT2D eigenvalue weighted by Gasteiger charge is 2.06. The molecule has 5 heteroatoms. The van der Waals surface area contributed by atoms with Crippen molar-refractivity contribution in [2.24, 2.45) is 5.73 Å². The Morgan fingerprint density at radius 1 is 1.13 bits per heavy atom. The number of rotatable bonds is 7. The van der Waals surface area contributed by atoms with Crippen molar-refractivity contribution in [3.8, 4) is 5.75 Å². The fourth-order valence-electron chi connectivity index (χ4n) is 2.14. The van der Waals surface area contributed by atoms with Crippen molar-refractivity contribution in [2.45, 2.75) is 19.9 Å². The summed E-state index contributed by atoms with van der Waals surface area (Å²) in [4.78, 5) is 22.7. The summed E-state index contributed by atoms with van der Waals surface area (Å²) in [6, 6.07) is 15.0. The van der Waals surface area contributed by atoms with E-state index in [0.717, 1.165) is 16.7 Å². The highest BCUT2D eigenvalue weighted by atomic mass is 16.5. The molecule has 5 nitrogen and oxygen atoms in total. The van der Waals surface area contributed by atoms with Crippen LogP contribution in [0.3, 0.4) is 0 Å². The van der Waals surface area contributed by atoms with Crippen LogP contribution >= 0.6 is 0 Å². The van der Waals surface area contributed by atoms with E-state index >= 15 is 0 Å². The van der Waals surface area contributed by atoms with Gasteiger partial charge in [0, 0.05) is 6.54 Å². The molecule has 0 aliphatic heterocycles. The first kappa shape index (κ1) is 16.5. The van der Waals surface area contributed by atoms with Crippen LogP contribution in [0.25, 0.3) is 0 Å². The fourth-order valence-corrected chi connectivity index (χ4v) is 2.14. The van der Waals surface area contributed by atoms with Gasteiger partial charge in [-0.05, 0) is 35.7 Å². The zero-order chi connectivity index (χ0) is 16.7. The second-order valence-electron chi connectivity index (χ2n) is 5.28. The van der Waals surface area contributed by atoms with E-state index in [0.29, 0.717) is 18.7 Å². The number of benzene rings is 2. The molecule has 0 saturated heterocycles. The third kappa shape index (κ3) is 5.47. The third-order valence-electron chi connectivity index (χ3n) is 3.38. The Morgan fingerprint density at radius 3 is 2.65 bits per heavy atom. The normalized spacial score (nSPS) is 10.1. The number of nitrogens with two attached hydrogens (primary N) is 1. The van der Waals surface area contributed by atoms with E-state index in [1.807, 2.05) is 37.3 Å². The van der Waals surface area contributed by atoms with Gasteiger partial charge in [-0.2, -0.15) is 0 Å². The Hall–Kier alpha value is -2.82. The van der Waals surface area contributed by atoms with Crippen LogP contribution in [0.15, 0.2) is 48.5 Å². The maximum atomic E-state index is 12.0. The molecule has 3 N–H and O–H groups in total. The van der Waals surface area contributed by atoms with Crippen molar-refractivity contribution in [2.75, 3.05) is 6.61 Å². The van der Waals surface area contributed by atoms with Gasteiger partial charge in [-0.1, -0.05) is 36.4 Å². The van der Waals surface area contributed by atoms with E-state index in [1.54, 1.807) is 18.2 Å². The molecule has 0 unspecified atom stereocenters. The van der Waals surface area contributed by atoms with Crippen molar-refractivity contribution < 1.29 is 14.3 Å². The smallest absolute Gasteiger partial charge is 0.255 e. The molecule has 0 saturated carbocycles. The lowest BCUT2D eigenvalue weighted by Crippen LogP contribution is -2.25. The topological polar surface area (TPSA) is 81.4 Å². The maximum absolute atomic E-state index is 12.0. The van der Waals surface area contributed by atoms with Crippen molar-refractivity contribution in [1.29, 1.82) is 0 Å². The quantitative estimate of drug-likeness (QED) is 0.817. The van der Waals surface area contributed by atoms with Gasteiger partial charge in [0.2, 0.25) is 5.91 Å². The van der Waals surface area contributed by atoms with E-state index in [1.165, 1.54) is 0 Å². The Bertz CT molecular complexity index is 698. The molecule has 2 amide bonds. The average Bonchev–Trinajstić information content (AvgIpc) is 2.54. The largest absolute Gasteiger partial charge is 0.484 e. The molecule has 0 aliphatic carbocycles. The molecule has 0 fully saturated rings. The SMILES string of the molecule is Cc1ccccc1CC(=O)NCc1cccc(OCC(N)=O)c1. The number of ether oxygens (including phenoxy) is 1. The highest BCUT2D eigenvalue weighted by molar-refractivity contribution is 5.79. The van der Waals surface area contributed by atoms with Crippen molar-refractivity contribution in [3.05, 3.63) is 65.2 Å². The van der Waals surface area contributed by atoms with Gasteiger partial charge in [-0.25, -0.2) is 0 Å². The molecule has 120 valence electrons. The van der Waals surface area contributed by atoms with E-state index in [4.69, 9.17) is 10.5 Å². The number of hydrogen-bond donors (Lipinski definition) is 2. The lowest BCUT2D eigenvalue weighted by molar-refractivity contribution is -0.121. The van der Waals surface area contributed by atoms with Crippen molar-refractivity contribution >= 4 is 11.8 Å². The molecule has 0 radical (unpaired) electrons. The average molecular weight is 312 g/mol. The molecular weight excluding hydrogens is 292 g/mol. The Kier molecular flexibility index (Phi) is 5.74. The monoisotopic (exact) mass is 312 g/mol. The van der Waals surface area contributed by atoms with Crippen LogP contribution < -0.4 is 15.8 Å². The summed E-state index contributed by atoms with van der Waals surface area (Å²) in [6.07, 6.45) is 0.352. The number of carbonyl (C=O) groups excluding carboxylic acids is 2. The molecule has 0 spiro atoms. The second-order valence-corrected chi connectivity index (χ2v) is 5.28. The summed E-state index contributed by atoms with van der Waals surface area (Å²) in [5.41, 5.74) is 8.05. The predicted molar refractivity (Wildman–Crippen MR) is 87.9 cm³/mol. The van der Waals surface area contributed by atoms with Crippen molar-refractivity contribution in [3.63, 3.8) is 0 Å². The lowest BCUT2D eigenvalue weighted by Gasteiger charge is -2.09. The van der Waals surface area contributed by atoms with Gasteiger partial charge in [0.05, 0.1) is 6.42 Å². The molecule has 0 heterocycles. The van der Waals surface area contributed by atoms with Gasteiger partial charge < -0.3 is 15.8 Å². The standard InChI is InChI=1S/C18H20N2O3/c1-13-5-2-3-7-15(13)10-18(22)20-11-14-6-4-8-16(9-14)23-12-17(19)21/h2-9H,10-12H2,1H3,(H2,19,21)(H,20,22). The van der Waals surface area contributed by atoms with Gasteiger partial charge in [-0.15, -0.1) is 0 Å². The van der Waals surface area contributed by atoms with E-state index < -0.39 is 5.91 Å². The number of hydrogen-bond acceptors (Lipinski definition) is 3. The number of primary amides is 1. The summed E-state index contributed by atoms with van der Waals surface area (Å²) in [7, 11) is 0. The minimum absolute atomic E-state index is 0.0391. The predicted octanol–water partition coefficient (Wildman–Crippen LogP) is 1.72. The molecule has 23 heavy (non-hydrogen) atoms. The fraction of sp³-hybridized carbons (Fsp3) is 0.222. The number of carbonyl (C=O) groups is 2. The molecule has 2 aromatic rings. The Labute approximate surface area is 135 Å². The molecule has 0 bridgehead atoms. The molecule has 0 atom stereocenters. The van der Waals surface area contributed by atoms with E-state index in [-0.39, 0.29) is 12.5 Å². The number of nitrogens with one attached hydrogen (secondary N) is 1.